The smallest absolute Gasteiger partial charge is 0.285 e. The van der Waals surface area contributed by atoms with E-state index in [1.165, 1.54) is 11.8 Å². The Hall–Kier alpha value is -1.16. The van der Waals surface area contributed by atoms with Gasteiger partial charge in [-0.3, -0.25) is 4.79 Å². The molecule has 0 unspecified atom stereocenters. The van der Waals surface area contributed by atoms with Gasteiger partial charge in [-0.1, -0.05) is 0 Å². The van der Waals surface area contributed by atoms with E-state index in [2.05, 4.69) is 0 Å². The number of nitrogens with zero attached hydrogens (tertiary/aromatic N) is 1. The van der Waals surface area contributed by atoms with Crippen LogP contribution in [-0.2, 0) is 0 Å². The van der Waals surface area contributed by atoms with Gasteiger partial charge in [0.25, 0.3) is 5.24 Å². The number of nitrogens with two attached hydrogens (primary N) is 1. The zero-order valence-corrected chi connectivity index (χ0v) is 9.39. The van der Waals surface area contributed by atoms with Gasteiger partial charge in [0.15, 0.2) is 0 Å². The average molecular weight is 210 g/mol. The third kappa shape index (κ3) is 2.67. The van der Waals surface area contributed by atoms with Crippen molar-refractivity contribution < 1.29 is 4.79 Å². The van der Waals surface area contributed by atoms with Gasteiger partial charge in [-0.25, -0.2) is 0 Å². The van der Waals surface area contributed by atoms with Gasteiger partial charge in [0, 0.05) is 24.7 Å². The second kappa shape index (κ2) is 4.37. The summed E-state index contributed by atoms with van der Waals surface area (Å²) >= 11 is 1.22. The molecule has 1 amide bonds. The van der Waals surface area contributed by atoms with E-state index in [-0.39, 0.29) is 5.24 Å². The summed E-state index contributed by atoms with van der Waals surface area (Å²) in [7, 11) is 3.48. The maximum atomic E-state index is 11.4. The van der Waals surface area contributed by atoms with Crippen LogP contribution in [0.4, 0.5) is 10.5 Å². The highest BCUT2D eigenvalue weighted by Crippen LogP contribution is 2.25. The summed E-state index contributed by atoms with van der Waals surface area (Å²) in [6.45, 7) is 1.95. The van der Waals surface area contributed by atoms with Crippen molar-refractivity contribution in [3.8, 4) is 0 Å². The van der Waals surface area contributed by atoms with Crippen LogP contribution in [0.25, 0.3) is 0 Å². The fraction of sp³-hybridized carbons (Fsp3) is 0.300. The standard InChI is InChI=1S/C10H14N2OS/c1-7-6-8(11)4-5-9(7)14-10(13)12(2)3/h4-6H,11H2,1-3H3. The lowest BCUT2D eigenvalue weighted by Crippen LogP contribution is -2.16. The number of aryl methyl sites for hydroxylation is 1. The number of amides is 1. The van der Waals surface area contributed by atoms with Crippen molar-refractivity contribution in [3.63, 3.8) is 0 Å². The Morgan fingerprint density at radius 3 is 2.57 bits per heavy atom. The first kappa shape index (κ1) is 10.9. The molecule has 0 aromatic heterocycles. The molecular weight excluding hydrogens is 196 g/mol. The number of thioether (sulfide) groups is 1. The predicted molar refractivity (Wildman–Crippen MR) is 60.5 cm³/mol. The molecule has 4 heteroatoms. The number of anilines is 1. The molecule has 0 radical (unpaired) electrons. The van der Waals surface area contributed by atoms with E-state index in [9.17, 15) is 4.79 Å². The highest BCUT2D eigenvalue weighted by Gasteiger charge is 2.08. The highest BCUT2D eigenvalue weighted by atomic mass is 32.2. The minimum atomic E-state index is 0.0258. The van der Waals surface area contributed by atoms with Crippen LogP contribution in [0.1, 0.15) is 5.56 Å². The van der Waals surface area contributed by atoms with E-state index < -0.39 is 0 Å². The number of carbonyl (C=O) groups is 1. The molecule has 0 heterocycles. The molecule has 76 valence electrons. The lowest BCUT2D eigenvalue weighted by atomic mass is 10.2. The van der Waals surface area contributed by atoms with Crippen LogP contribution in [0.15, 0.2) is 23.1 Å². The summed E-state index contributed by atoms with van der Waals surface area (Å²) in [6, 6.07) is 5.54. The zero-order chi connectivity index (χ0) is 10.7. The lowest BCUT2D eigenvalue weighted by molar-refractivity contribution is 0.241. The summed E-state index contributed by atoms with van der Waals surface area (Å²) in [4.78, 5) is 13.9. The van der Waals surface area contributed by atoms with Crippen LogP contribution in [0, 0.1) is 6.92 Å². The van der Waals surface area contributed by atoms with Crippen LogP contribution < -0.4 is 5.73 Å². The first-order valence-corrected chi connectivity index (χ1v) is 5.07. The molecule has 3 nitrogen and oxygen atoms in total. The van der Waals surface area contributed by atoms with Gasteiger partial charge in [0.1, 0.15) is 0 Å². The summed E-state index contributed by atoms with van der Waals surface area (Å²) in [6.07, 6.45) is 0. The number of rotatable bonds is 1. The number of hydrogen-bond donors (Lipinski definition) is 1. The second-order valence-corrected chi connectivity index (χ2v) is 4.28. The van der Waals surface area contributed by atoms with Crippen LogP contribution in [0.3, 0.4) is 0 Å². The fourth-order valence-corrected chi connectivity index (χ4v) is 1.70. The van der Waals surface area contributed by atoms with E-state index in [4.69, 9.17) is 5.73 Å². The minimum Gasteiger partial charge on any atom is -0.399 e. The van der Waals surface area contributed by atoms with Crippen molar-refractivity contribution in [1.82, 2.24) is 4.90 Å². The largest absolute Gasteiger partial charge is 0.399 e. The number of nitrogen functional groups attached to an aromatic ring is 1. The second-order valence-electron chi connectivity index (χ2n) is 3.29. The Bertz CT molecular complexity index is 350. The van der Waals surface area contributed by atoms with Crippen molar-refractivity contribution in [1.29, 1.82) is 0 Å². The van der Waals surface area contributed by atoms with Gasteiger partial charge in [0.2, 0.25) is 0 Å². The SMILES string of the molecule is Cc1cc(N)ccc1SC(=O)N(C)C. The van der Waals surface area contributed by atoms with E-state index in [1.54, 1.807) is 25.1 Å². The maximum Gasteiger partial charge on any atom is 0.285 e. The Kier molecular flexibility index (Phi) is 3.41. The topological polar surface area (TPSA) is 46.3 Å². The van der Waals surface area contributed by atoms with Crippen molar-refractivity contribution in [2.24, 2.45) is 0 Å². The third-order valence-corrected chi connectivity index (χ3v) is 2.98. The molecule has 0 aliphatic carbocycles. The quantitative estimate of drug-likeness (QED) is 0.571. The van der Waals surface area contributed by atoms with E-state index in [0.717, 1.165) is 16.1 Å². The minimum absolute atomic E-state index is 0.0258. The molecule has 0 spiro atoms. The molecule has 14 heavy (non-hydrogen) atoms. The maximum absolute atomic E-state index is 11.4. The Morgan fingerprint density at radius 1 is 1.43 bits per heavy atom. The molecule has 0 aliphatic heterocycles. The van der Waals surface area contributed by atoms with Gasteiger partial charge >= 0.3 is 0 Å². The van der Waals surface area contributed by atoms with E-state index in [1.807, 2.05) is 19.1 Å². The van der Waals surface area contributed by atoms with E-state index >= 15 is 0 Å². The molecule has 0 atom stereocenters. The van der Waals surface area contributed by atoms with Crippen LogP contribution in [0.2, 0.25) is 0 Å². The zero-order valence-electron chi connectivity index (χ0n) is 8.57. The summed E-state index contributed by atoms with van der Waals surface area (Å²) < 4.78 is 0. The molecule has 1 aromatic carbocycles. The van der Waals surface area contributed by atoms with Crippen molar-refractivity contribution in [2.75, 3.05) is 19.8 Å². The average Bonchev–Trinajstić information content (AvgIpc) is 2.09. The van der Waals surface area contributed by atoms with Gasteiger partial charge in [0.05, 0.1) is 0 Å². The highest BCUT2D eigenvalue weighted by molar-refractivity contribution is 8.13. The molecule has 0 fully saturated rings. The Morgan fingerprint density at radius 2 is 2.07 bits per heavy atom. The predicted octanol–water partition coefficient (Wildman–Crippen LogP) is 2.35. The Labute approximate surface area is 88.3 Å². The normalized spacial score (nSPS) is 9.93. The first-order valence-electron chi connectivity index (χ1n) is 4.26. The van der Waals surface area contributed by atoms with E-state index in [0.29, 0.717) is 0 Å². The monoisotopic (exact) mass is 210 g/mol. The molecule has 0 bridgehead atoms. The molecule has 0 aliphatic rings. The fourth-order valence-electron chi connectivity index (χ4n) is 0.972. The third-order valence-electron chi connectivity index (χ3n) is 1.76. The van der Waals surface area contributed by atoms with Crippen LogP contribution >= 0.6 is 11.8 Å². The molecule has 2 N–H and O–H groups in total. The first-order chi connectivity index (χ1) is 6.50. The van der Waals surface area contributed by atoms with Crippen molar-refractivity contribution in [2.45, 2.75) is 11.8 Å². The van der Waals surface area contributed by atoms with Crippen molar-refractivity contribution >= 4 is 22.7 Å². The number of carbonyl (C=O) groups excluding carboxylic acids is 1. The number of benzene rings is 1. The molecule has 0 saturated heterocycles. The number of hydrogen-bond acceptors (Lipinski definition) is 3. The van der Waals surface area contributed by atoms with Crippen LogP contribution in [-0.4, -0.2) is 24.2 Å². The van der Waals surface area contributed by atoms with Gasteiger partial charge in [-0.2, -0.15) is 0 Å². The van der Waals surface area contributed by atoms with Gasteiger partial charge < -0.3 is 10.6 Å². The molecular formula is C10H14N2OS. The van der Waals surface area contributed by atoms with Gasteiger partial charge in [-0.05, 0) is 42.4 Å². The molecule has 1 rings (SSSR count). The van der Waals surface area contributed by atoms with Crippen molar-refractivity contribution in [3.05, 3.63) is 23.8 Å². The lowest BCUT2D eigenvalue weighted by Gasteiger charge is -2.10. The Balaban J connectivity index is 2.82. The molecule has 1 aromatic rings. The van der Waals surface area contributed by atoms with Gasteiger partial charge in [-0.15, -0.1) is 0 Å². The van der Waals surface area contributed by atoms with Crippen LogP contribution in [0.5, 0.6) is 0 Å². The summed E-state index contributed by atoms with van der Waals surface area (Å²) in [5, 5.41) is 0.0258. The molecule has 0 saturated carbocycles. The summed E-state index contributed by atoms with van der Waals surface area (Å²) in [5.74, 6) is 0. The summed E-state index contributed by atoms with van der Waals surface area (Å²) in [5.41, 5.74) is 7.37.